The third-order valence-electron chi connectivity index (χ3n) is 1.73. The van der Waals surface area contributed by atoms with Gasteiger partial charge < -0.3 is 10.5 Å². The molecule has 0 spiro atoms. The number of hydrogen-bond donors (Lipinski definition) is 1. The summed E-state index contributed by atoms with van der Waals surface area (Å²) in [6.45, 7) is 0.539. The largest absolute Gasteiger partial charge is 0.496 e. The molecule has 0 aliphatic rings. The standard InChI is InChI=1S/C9H11Cl2NO/c1-13-9-5-6(10)4-8(11)7(9)2-3-12/h4-5H,2-3,12H2,1H3. The first-order valence-electron chi connectivity index (χ1n) is 3.91. The third-order valence-corrected chi connectivity index (χ3v) is 2.29. The summed E-state index contributed by atoms with van der Waals surface area (Å²) in [5.74, 6) is 0.697. The normalized spacial score (nSPS) is 10.2. The molecular weight excluding hydrogens is 209 g/mol. The van der Waals surface area contributed by atoms with Gasteiger partial charge in [-0.25, -0.2) is 0 Å². The molecule has 1 aromatic carbocycles. The van der Waals surface area contributed by atoms with Gasteiger partial charge in [-0.1, -0.05) is 23.2 Å². The Bertz CT molecular complexity index is 302. The maximum Gasteiger partial charge on any atom is 0.125 e. The predicted octanol–water partition coefficient (Wildman–Crippen LogP) is 2.50. The fraction of sp³-hybridized carbons (Fsp3) is 0.333. The molecule has 4 heteroatoms. The molecule has 0 aliphatic carbocycles. The van der Waals surface area contributed by atoms with E-state index in [4.69, 9.17) is 33.7 Å². The molecule has 72 valence electrons. The van der Waals surface area contributed by atoms with E-state index in [0.29, 0.717) is 28.8 Å². The highest BCUT2D eigenvalue weighted by Gasteiger charge is 2.08. The van der Waals surface area contributed by atoms with E-state index in [2.05, 4.69) is 0 Å². The molecule has 1 rings (SSSR count). The molecule has 2 nitrogen and oxygen atoms in total. The van der Waals surface area contributed by atoms with Crippen LogP contribution in [-0.4, -0.2) is 13.7 Å². The van der Waals surface area contributed by atoms with E-state index in [-0.39, 0.29) is 0 Å². The lowest BCUT2D eigenvalue weighted by molar-refractivity contribution is 0.410. The Morgan fingerprint density at radius 1 is 1.38 bits per heavy atom. The average Bonchev–Trinajstić information content (AvgIpc) is 2.09. The second-order valence-corrected chi connectivity index (χ2v) is 3.45. The summed E-state index contributed by atoms with van der Waals surface area (Å²) in [5.41, 5.74) is 6.36. The first kappa shape index (κ1) is 10.6. The Morgan fingerprint density at radius 2 is 2.08 bits per heavy atom. The number of methoxy groups -OCH3 is 1. The number of halogens is 2. The highest BCUT2D eigenvalue weighted by Crippen LogP contribution is 2.30. The summed E-state index contributed by atoms with van der Waals surface area (Å²) >= 11 is 11.8. The van der Waals surface area contributed by atoms with Crippen LogP contribution in [0.1, 0.15) is 5.56 Å². The smallest absolute Gasteiger partial charge is 0.125 e. The lowest BCUT2D eigenvalue weighted by Crippen LogP contribution is -2.04. The van der Waals surface area contributed by atoms with Gasteiger partial charge in [0.25, 0.3) is 0 Å². The van der Waals surface area contributed by atoms with Gasteiger partial charge in [-0.05, 0) is 25.1 Å². The minimum atomic E-state index is 0.539. The third kappa shape index (κ3) is 2.50. The van der Waals surface area contributed by atoms with E-state index < -0.39 is 0 Å². The molecule has 13 heavy (non-hydrogen) atoms. The van der Waals surface area contributed by atoms with Gasteiger partial charge in [-0.15, -0.1) is 0 Å². The summed E-state index contributed by atoms with van der Waals surface area (Å²) in [6.07, 6.45) is 0.694. The molecule has 0 saturated carbocycles. The maximum atomic E-state index is 5.97. The second kappa shape index (κ2) is 4.70. The molecule has 0 heterocycles. The number of ether oxygens (including phenoxy) is 1. The van der Waals surface area contributed by atoms with Crippen LogP contribution in [0.2, 0.25) is 10.0 Å². The van der Waals surface area contributed by atoms with Crippen molar-refractivity contribution in [2.75, 3.05) is 13.7 Å². The van der Waals surface area contributed by atoms with Gasteiger partial charge in [0, 0.05) is 15.6 Å². The van der Waals surface area contributed by atoms with Crippen molar-refractivity contribution in [3.63, 3.8) is 0 Å². The van der Waals surface area contributed by atoms with Gasteiger partial charge >= 0.3 is 0 Å². The Kier molecular flexibility index (Phi) is 3.85. The Balaban J connectivity index is 3.13. The summed E-state index contributed by atoms with van der Waals surface area (Å²) in [5, 5.41) is 1.18. The lowest BCUT2D eigenvalue weighted by Gasteiger charge is -2.09. The number of nitrogens with two attached hydrogens (primary N) is 1. The summed E-state index contributed by atoms with van der Waals surface area (Å²) in [6, 6.07) is 3.43. The van der Waals surface area contributed by atoms with Crippen molar-refractivity contribution in [3.05, 3.63) is 27.7 Å². The fourth-order valence-electron chi connectivity index (χ4n) is 1.15. The minimum absolute atomic E-state index is 0.539. The van der Waals surface area contributed by atoms with E-state index >= 15 is 0 Å². The van der Waals surface area contributed by atoms with Gasteiger partial charge in [0.15, 0.2) is 0 Å². The SMILES string of the molecule is COc1cc(Cl)cc(Cl)c1CCN. The van der Waals surface area contributed by atoms with Gasteiger partial charge in [0.2, 0.25) is 0 Å². The van der Waals surface area contributed by atoms with Gasteiger partial charge in [-0.3, -0.25) is 0 Å². The highest BCUT2D eigenvalue weighted by molar-refractivity contribution is 6.35. The second-order valence-electron chi connectivity index (χ2n) is 2.61. The van der Waals surface area contributed by atoms with Crippen LogP contribution < -0.4 is 10.5 Å². The van der Waals surface area contributed by atoms with Crippen molar-refractivity contribution < 1.29 is 4.74 Å². The molecule has 1 aromatic rings. The Labute approximate surface area is 87.6 Å². The maximum absolute atomic E-state index is 5.97. The van der Waals surface area contributed by atoms with Crippen LogP contribution >= 0.6 is 23.2 Å². The molecule has 0 aromatic heterocycles. The van der Waals surface area contributed by atoms with E-state index in [1.807, 2.05) is 0 Å². The Morgan fingerprint density at radius 3 is 2.62 bits per heavy atom. The summed E-state index contributed by atoms with van der Waals surface area (Å²) in [4.78, 5) is 0. The van der Waals surface area contributed by atoms with Gasteiger partial charge in [-0.2, -0.15) is 0 Å². The quantitative estimate of drug-likeness (QED) is 0.849. The summed E-state index contributed by atoms with van der Waals surface area (Å²) in [7, 11) is 1.59. The topological polar surface area (TPSA) is 35.2 Å². The highest BCUT2D eigenvalue weighted by atomic mass is 35.5. The van der Waals surface area contributed by atoms with Crippen LogP contribution in [0.15, 0.2) is 12.1 Å². The predicted molar refractivity (Wildman–Crippen MR) is 55.8 cm³/mol. The molecule has 0 bridgehead atoms. The van der Waals surface area contributed by atoms with Crippen molar-refractivity contribution in [2.24, 2.45) is 5.73 Å². The molecule has 0 aliphatic heterocycles. The van der Waals surface area contributed by atoms with Crippen molar-refractivity contribution in [3.8, 4) is 5.75 Å². The van der Waals surface area contributed by atoms with Crippen LogP contribution in [0.3, 0.4) is 0 Å². The zero-order valence-electron chi connectivity index (χ0n) is 7.31. The monoisotopic (exact) mass is 219 g/mol. The first-order chi connectivity index (χ1) is 6.19. The van der Waals surface area contributed by atoms with Gasteiger partial charge in [0.05, 0.1) is 7.11 Å². The first-order valence-corrected chi connectivity index (χ1v) is 4.66. The van der Waals surface area contributed by atoms with E-state index in [1.54, 1.807) is 19.2 Å². The van der Waals surface area contributed by atoms with Crippen LogP contribution in [-0.2, 0) is 6.42 Å². The average molecular weight is 220 g/mol. The number of hydrogen-bond acceptors (Lipinski definition) is 2. The minimum Gasteiger partial charge on any atom is -0.496 e. The zero-order valence-corrected chi connectivity index (χ0v) is 8.82. The van der Waals surface area contributed by atoms with Crippen molar-refractivity contribution >= 4 is 23.2 Å². The molecule has 0 radical (unpaired) electrons. The van der Waals surface area contributed by atoms with Gasteiger partial charge in [0.1, 0.15) is 5.75 Å². The molecule has 0 saturated heterocycles. The number of rotatable bonds is 3. The fourth-order valence-corrected chi connectivity index (χ4v) is 1.72. The van der Waals surface area contributed by atoms with E-state index in [9.17, 15) is 0 Å². The summed E-state index contributed by atoms with van der Waals surface area (Å²) < 4.78 is 5.14. The molecule has 0 unspecified atom stereocenters. The van der Waals surface area contributed by atoms with Crippen molar-refractivity contribution in [2.45, 2.75) is 6.42 Å². The molecule has 0 amide bonds. The molecule has 2 N–H and O–H groups in total. The zero-order chi connectivity index (χ0) is 9.84. The van der Waals surface area contributed by atoms with E-state index in [0.717, 1.165) is 5.56 Å². The van der Waals surface area contributed by atoms with Crippen molar-refractivity contribution in [1.82, 2.24) is 0 Å². The number of benzene rings is 1. The Hall–Kier alpha value is -0.440. The van der Waals surface area contributed by atoms with Crippen LogP contribution in [0.4, 0.5) is 0 Å². The molecule has 0 fully saturated rings. The lowest BCUT2D eigenvalue weighted by atomic mass is 10.1. The molecule has 0 atom stereocenters. The van der Waals surface area contributed by atoms with Crippen LogP contribution in [0.25, 0.3) is 0 Å². The van der Waals surface area contributed by atoms with Crippen LogP contribution in [0, 0.1) is 0 Å². The van der Waals surface area contributed by atoms with Crippen molar-refractivity contribution in [1.29, 1.82) is 0 Å². The molecular formula is C9H11Cl2NO. The van der Waals surface area contributed by atoms with Crippen LogP contribution in [0.5, 0.6) is 5.75 Å². The van der Waals surface area contributed by atoms with E-state index in [1.165, 1.54) is 0 Å².